The van der Waals surface area contributed by atoms with Gasteiger partial charge in [0.05, 0.1) is 0 Å². The first-order valence-electron chi connectivity index (χ1n) is 4.93. The molecule has 0 spiro atoms. The van der Waals surface area contributed by atoms with Crippen LogP contribution in [-0.2, 0) is 9.59 Å². The van der Waals surface area contributed by atoms with Crippen molar-refractivity contribution in [2.45, 2.75) is 18.6 Å². The molecule has 0 aromatic heterocycles. The van der Waals surface area contributed by atoms with Gasteiger partial charge < -0.3 is 20.7 Å². The van der Waals surface area contributed by atoms with Crippen molar-refractivity contribution in [3.05, 3.63) is 30.3 Å². The zero-order valence-electron chi connectivity index (χ0n) is 8.95. The number of benzene rings is 1. The van der Waals surface area contributed by atoms with Crippen molar-refractivity contribution in [1.82, 2.24) is 0 Å². The van der Waals surface area contributed by atoms with Crippen molar-refractivity contribution in [3.8, 4) is 5.75 Å². The van der Waals surface area contributed by atoms with Gasteiger partial charge >= 0.3 is 11.9 Å². The molecule has 1 aromatic carbocycles. The van der Waals surface area contributed by atoms with E-state index in [4.69, 9.17) is 20.7 Å². The smallest absolute Gasteiger partial charge is 0.344 e. The summed E-state index contributed by atoms with van der Waals surface area (Å²) in [6.45, 7) is 0. The molecular formula is C11H13NO5. The Morgan fingerprint density at radius 1 is 1.18 bits per heavy atom. The Labute approximate surface area is 97.6 Å². The maximum Gasteiger partial charge on any atom is 0.344 e. The number of para-hydroxylation sites is 1. The van der Waals surface area contributed by atoms with Gasteiger partial charge in [-0.15, -0.1) is 0 Å². The summed E-state index contributed by atoms with van der Waals surface area (Å²) in [5.74, 6) is -2.14. The number of ether oxygens (including phenoxy) is 1. The maximum atomic E-state index is 10.9. The first-order chi connectivity index (χ1) is 8.00. The van der Waals surface area contributed by atoms with E-state index in [-0.39, 0.29) is 6.42 Å². The van der Waals surface area contributed by atoms with Crippen LogP contribution in [0.2, 0.25) is 0 Å². The Kier molecular flexibility index (Phi) is 4.47. The maximum absolute atomic E-state index is 10.9. The average molecular weight is 239 g/mol. The molecule has 0 amide bonds. The highest BCUT2D eigenvalue weighted by Crippen LogP contribution is 2.13. The van der Waals surface area contributed by atoms with Crippen LogP contribution in [0.3, 0.4) is 0 Å². The van der Waals surface area contributed by atoms with Crippen LogP contribution in [0, 0.1) is 0 Å². The number of carbonyl (C=O) groups is 2. The van der Waals surface area contributed by atoms with Crippen molar-refractivity contribution in [2.75, 3.05) is 0 Å². The van der Waals surface area contributed by atoms with Crippen molar-refractivity contribution in [3.63, 3.8) is 0 Å². The van der Waals surface area contributed by atoms with Crippen LogP contribution < -0.4 is 10.5 Å². The number of hydrogen-bond donors (Lipinski definition) is 3. The van der Waals surface area contributed by atoms with Gasteiger partial charge in [-0.05, 0) is 12.1 Å². The lowest BCUT2D eigenvalue weighted by Gasteiger charge is -2.16. The summed E-state index contributed by atoms with van der Waals surface area (Å²) < 4.78 is 5.15. The molecule has 4 N–H and O–H groups in total. The minimum absolute atomic E-state index is 0.292. The molecule has 0 aliphatic rings. The molecule has 1 unspecified atom stereocenters. The van der Waals surface area contributed by atoms with Crippen LogP contribution in [0.4, 0.5) is 0 Å². The first kappa shape index (κ1) is 13.0. The van der Waals surface area contributed by atoms with Crippen LogP contribution >= 0.6 is 0 Å². The number of aliphatic carboxylic acids is 2. The topological polar surface area (TPSA) is 110 Å². The SMILES string of the molecule is N[C@@H](CC(Oc1ccccc1)C(=O)O)C(=O)O. The Balaban J connectivity index is 2.67. The minimum Gasteiger partial charge on any atom is -0.480 e. The molecule has 0 bridgehead atoms. The van der Waals surface area contributed by atoms with Crippen molar-refractivity contribution in [2.24, 2.45) is 5.73 Å². The van der Waals surface area contributed by atoms with E-state index in [0.29, 0.717) is 5.75 Å². The van der Waals surface area contributed by atoms with E-state index < -0.39 is 24.1 Å². The van der Waals surface area contributed by atoms with Gasteiger partial charge in [0.15, 0.2) is 6.10 Å². The fraction of sp³-hybridized carbons (Fsp3) is 0.273. The molecule has 0 heterocycles. The highest BCUT2D eigenvalue weighted by Gasteiger charge is 2.25. The van der Waals surface area contributed by atoms with Gasteiger partial charge in [-0.2, -0.15) is 0 Å². The highest BCUT2D eigenvalue weighted by atomic mass is 16.5. The van der Waals surface area contributed by atoms with E-state index in [9.17, 15) is 9.59 Å². The predicted molar refractivity (Wildman–Crippen MR) is 58.7 cm³/mol. The van der Waals surface area contributed by atoms with Gasteiger partial charge in [0.1, 0.15) is 11.8 Å². The van der Waals surface area contributed by atoms with Crippen LogP contribution in [0.1, 0.15) is 6.42 Å². The molecule has 1 rings (SSSR count). The van der Waals surface area contributed by atoms with Crippen molar-refractivity contribution in [1.29, 1.82) is 0 Å². The van der Waals surface area contributed by atoms with Crippen LogP contribution in [0.5, 0.6) is 5.75 Å². The van der Waals surface area contributed by atoms with Crippen molar-refractivity contribution >= 4 is 11.9 Å². The van der Waals surface area contributed by atoms with Gasteiger partial charge in [0.25, 0.3) is 0 Å². The minimum atomic E-state index is -1.27. The van der Waals surface area contributed by atoms with E-state index in [0.717, 1.165) is 0 Å². The van der Waals surface area contributed by atoms with Crippen LogP contribution in [-0.4, -0.2) is 34.3 Å². The average Bonchev–Trinajstić information content (AvgIpc) is 2.29. The number of nitrogens with two attached hydrogens (primary N) is 1. The lowest BCUT2D eigenvalue weighted by atomic mass is 10.1. The lowest BCUT2D eigenvalue weighted by molar-refractivity contribution is -0.146. The normalized spacial score (nSPS) is 13.7. The van der Waals surface area contributed by atoms with Crippen LogP contribution in [0.15, 0.2) is 30.3 Å². The zero-order chi connectivity index (χ0) is 12.8. The number of rotatable bonds is 6. The van der Waals surface area contributed by atoms with E-state index in [1.165, 1.54) is 0 Å². The van der Waals surface area contributed by atoms with Gasteiger partial charge in [0.2, 0.25) is 0 Å². The zero-order valence-corrected chi connectivity index (χ0v) is 8.95. The largest absolute Gasteiger partial charge is 0.480 e. The summed E-state index contributed by atoms with van der Waals surface area (Å²) in [5.41, 5.74) is 5.27. The molecule has 17 heavy (non-hydrogen) atoms. The van der Waals surface area contributed by atoms with Gasteiger partial charge in [0, 0.05) is 6.42 Å². The number of hydrogen-bond acceptors (Lipinski definition) is 4. The third-order valence-corrected chi connectivity index (χ3v) is 2.08. The lowest BCUT2D eigenvalue weighted by Crippen LogP contribution is -2.39. The quantitative estimate of drug-likeness (QED) is 0.659. The molecule has 0 saturated carbocycles. The second kappa shape index (κ2) is 5.86. The molecule has 92 valence electrons. The van der Waals surface area contributed by atoms with Gasteiger partial charge in [-0.3, -0.25) is 4.79 Å². The van der Waals surface area contributed by atoms with Crippen molar-refractivity contribution < 1.29 is 24.5 Å². The van der Waals surface area contributed by atoms with Gasteiger partial charge in [-0.1, -0.05) is 18.2 Å². The third-order valence-electron chi connectivity index (χ3n) is 2.08. The molecule has 2 atom stereocenters. The Bertz CT molecular complexity index is 392. The predicted octanol–water partition coefficient (Wildman–Crippen LogP) is 0.321. The summed E-state index contributed by atoms with van der Waals surface area (Å²) in [6, 6.07) is 7.03. The molecule has 6 heteroatoms. The second-order valence-corrected chi connectivity index (χ2v) is 3.44. The Hall–Kier alpha value is -2.08. The van der Waals surface area contributed by atoms with E-state index in [2.05, 4.69) is 0 Å². The fourth-order valence-corrected chi connectivity index (χ4v) is 1.19. The van der Waals surface area contributed by atoms with Gasteiger partial charge in [-0.25, -0.2) is 4.79 Å². The van der Waals surface area contributed by atoms with Crippen LogP contribution in [0.25, 0.3) is 0 Å². The molecule has 0 aliphatic carbocycles. The molecule has 0 aliphatic heterocycles. The summed E-state index contributed by atoms with van der Waals surface area (Å²) in [7, 11) is 0. The number of carboxylic acid groups (broad SMARTS) is 2. The fourth-order valence-electron chi connectivity index (χ4n) is 1.19. The summed E-state index contributed by atoms with van der Waals surface area (Å²) >= 11 is 0. The third kappa shape index (κ3) is 4.12. The summed E-state index contributed by atoms with van der Waals surface area (Å²) in [5, 5.41) is 17.5. The highest BCUT2D eigenvalue weighted by molar-refractivity contribution is 5.77. The second-order valence-electron chi connectivity index (χ2n) is 3.44. The monoisotopic (exact) mass is 239 g/mol. The molecule has 0 radical (unpaired) electrons. The molecule has 6 nitrogen and oxygen atoms in total. The molecule has 1 aromatic rings. The van der Waals surface area contributed by atoms with E-state index in [1.54, 1.807) is 30.3 Å². The number of carboxylic acids is 2. The first-order valence-corrected chi connectivity index (χ1v) is 4.93. The Morgan fingerprint density at radius 2 is 1.76 bits per heavy atom. The molecule has 0 fully saturated rings. The van der Waals surface area contributed by atoms with E-state index >= 15 is 0 Å². The molecular weight excluding hydrogens is 226 g/mol. The van der Waals surface area contributed by atoms with E-state index in [1.807, 2.05) is 0 Å². The summed E-state index contributed by atoms with van der Waals surface area (Å²) in [6.07, 6.45) is -1.57. The standard InChI is InChI=1S/C11H13NO5/c12-8(10(13)14)6-9(11(15)16)17-7-4-2-1-3-5-7/h1-5,8-9H,6,12H2,(H,13,14)(H,15,16)/t8-,9?/m0/s1. The summed E-state index contributed by atoms with van der Waals surface area (Å²) in [4.78, 5) is 21.4. The molecule has 0 saturated heterocycles. The Morgan fingerprint density at radius 3 is 2.24 bits per heavy atom.